The molecule has 29 heavy (non-hydrogen) atoms. The lowest BCUT2D eigenvalue weighted by molar-refractivity contribution is -0.118. The van der Waals surface area contributed by atoms with E-state index in [-0.39, 0.29) is 29.4 Å². The molecule has 0 aliphatic carbocycles. The van der Waals surface area contributed by atoms with E-state index in [2.05, 4.69) is 4.99 Å². The minimum absolute atomic E-state index is 0.0636. The summed E-state index contributed by atoms with van der Waals surface area (Å²) in [6.45, 7) is 2.65. The lowest BCUT2D eigenvalue weighted by atomic mass is 10.3. The lowest BCUT2D eigenvalue weighted by Crippen LogP contribution is -2.16. The molecular formula is C20H21ClN2O4S2. The Bertz CT molecular complexity index is 1200. The van der Waals surface area contributed by atoms with Crippen molar-refractivity contribution in [1.29, 1.82) is 0 Å². The molecule has 6 nitrogen and oxygen atoms in total. The van der Waals surface area contributed by atoms with Crippen LogP contribution in [0.1, 0.15) is 19.8 Å². The molecule has 0 saturated heterocycles. The monoisotopic (exact) mass is 452 g/mol. The third kappa shape index (κ3) is 5.07. The summed E-state index contributed by atoms with van der Waals surface area (Å²) in [7, 11) is -1.85. The SMILES string of the molecule is CCn1c(=NC(=O)CCCS(=O)(=O)c2ccc(Cl)cc2)sc2cc(OC)ccc21. The first-order chi connectivity index (χ1) is 13.8. The predicted octanol–water partition coefficient (Wildman–Crippen LogP) is 4.07. The first-order valence-corrected chi connectivity index (χ1v) is 11.9. The summed E-state index contributed by atoms with van der Waals surface area (Å²) in [6, 6.07) is 11.7. The van der Waals surface area contributed by atoms with Gasteiger partial charge in [0.1, 0.15) is 5.75 Å². The Labute approximate surface area is 178 Å². The van der Waals surface area contributed by atoms with E-state index in [0.29, 0.717) is 16.4 Å². The summed E-state index contributed by atoms with van der Waals surface area (Å²) in [5.74, 6) is 0.289. The van der Waals surface area contributed by atoms with Gasteiger partial charge in [-0.1, -0.05) is 22.9 Å². The van der Waals surface area contributed by atoms with Gasteiger partial charge in [0, 0.05) is 18.0 Å². The third-order valence-corrected chi connectivity index (χ3v) is 7.51. The van der Waals surface area contributed by atoms with Gasteiger partial charge in [0.2, 0.25) is 5.91 Å². The van der Waals surface area contributed by atoms with Crippen LogP contribution in [0.5, 0.6) is 5.75 Å². The van der Waals surface area contributed by atoms with Crippen molar-refractivity contribution < 1.29 is 17.9 Å². The van der Waals surface area contributed by atoms with Crippen molar-refractivity contribution in [2.45, 2.75) is 31.2 Å². The smallest absolute Gasteiger partial charge is 0.248 e. The summed E-state index contributed by atoms with van der Waals surface area (Å²) < 4.78 is 32.9. The largest absolute Gasteiger partial charge is 0.497 e. The van der Waals surface area contributed by atoms with Gasteiger partial charge in [-0.05, 0) is 55.8 Å². The Morgan fingerprint density at radius 1 is 1.21 bits per heavy atom. The molecule has 3 rings (SSSR count). The normalized spacial score (nSPS) is 12.4. The number of nitrogens with zero attached hydrogens (tertiary/aromatic N) is 2. The molecule has 0 radical (unpaired) electrons. The topological polar surface area (TPSA) is 77.7 Å². The van der Waals surface area contributed by atoms with E-state index in [1.807, 2.05) is 29.7 Å². The number of sulfone groups is 1. The summed E-state index contributed by atoms with van der Waals surface area (Å²) in [5, 5.41) is 0.475. The molecule has 1 amide bonds. The first-order valence-electron chi connectivity index (χ1n) is 9.07. The molecule has 3 aromatic rings. The quantitative estimate of drug-likeness (QED) is 0.541. The fourth-order valence-electron chi connectivity index (χ4n) is 2.91. The number of carbonyl (C=O) groups is 1. The summed E-state index contributed by atoms with van der Waals surface area (Å²) in [4.78, 5) is 17.4. The van der Waals surface area contributed by atoms with Crippen LogP contribution in [0, 0.1) is 0 Å². The van der Waals surface area contributed by atoms with Gasteiger partial charge < -0.3 is 9.30 Å². The predicted molar refractivity (Wildman–Crippen MR) is 115 cm³/mol. The van der Waals surface area contributed by atoms with E-state index in [0.717, 1.165) is 16.0 Å². The number of thiazole rings is 1. The fourth-order valence-corrected chi connectivity index (χ4v) is 5.48. The number of methoxy groups -OCH3 is 1. The minimum Gasteiger partial charge on any atom is -0.497 e. The Morgan fingerprint density at radius 2 is 1.93 bits per heavy atom. The molecule has 0 N–H and O–H groups in total. The van der Waals surface area contributed by atoms with Crippen LogP contribution in [0.4, 0.5) is 0 Å². The van der Waals surface area contributed by atoms with Crippen molar-refractivity contribution in [2.75, 3.05) is 12.9 Å². The number of carbonyl (C=O) groups excluding carboxylic acids is 1. The first kappa shape index (κ1) is 21.5. The van der Waals surface area contributed by atoms with E-state index in [4.69, 9.17) is 16.3 Å². The van der Waals surface area contributed by atoms with Crippen LogP contribution in [0.15, 0.2) is 52.4 Å². The lowest BCUT2D eigenvalue weighted by Gasteiger charge is -2.04. The number of fused-ring (bicyclic) bond motifs is 1. The fraction of sp³-hybridized carbons (Fsp3) is 0.300. The zero-order chi connectivity index (χ0) is 21.0. The average Bonchev–Trinajstić information content (AvgIpc) is 3.03. The number of rotatable bonds is 7. The maximum atomic E-state index is 12.4. The summed E-state index contributed by atoms with van der Waals surface area (Å²) >= 11 is 7.20. The van der Waals surface area contributed by atoms with E-state index in [1.165, 1.54) is 35.6 Å². The van der Waals surface area contributed by atoms with Crippen LogP contribution < -0.4 is 9.54 Å². The Balaban J connectivity index is 1.73. The third-order valence-electron chi connectivity index (χ3n) is 4.40. The molecule has 2 aromatic carbocycles. The molecule has 154 valence electrons. The number of halogens is 1. The number of aryl methyl sites for hydroxylation is 1. The van der Waals surface area contributed by atoms with Gasteiger partial charge in [0.05, 0.1) is 28.0 Å². The number of ether oxygens (including phenoxy) is 1. The highest BCUT2D eigenvalue weighted by Crippen LogP contribution is 2.23. The van der Waals surface area contributed by atoms with Crippen molar-refractivity contribution >= 4 is 48.9 Å². The van der Waals surface area contributed by atoms with Gasteiger partial charge in [-0.25, -0.2) is 8.42 Å². The van der Waals surface area contributed by atoms with Crippen molar-refractivity contribution in [3.63, 3.8) is 0 Å². The molecule has 0 saturated carbocycles. The van der Waals surface area contributed by atoms with Crippen LogP contribution in [0.2, 0.25) is 5.02 Å². The number of hydrogen-bond donors (Lipinski definition) is 0. The van der Waals surface area contributed by atoms with Gasteiger partial charge in [0.15, 0.2) is 14.6 Å². The molecule has 0 unspecified atom stereocenters. The molecule has 1 aromatic heterocycles. The highest BCUT2D eigenvalue weighted by atomic mass is 35.5. The summed E-state index contributed by atoms with van der Waals surface area (Å²) in [6.07, 6.45) is 0.270. The molecule has 0 atom stereocenters. The van der Waals surface area contributed by atoms with Gasteiger partial charge in [-0.15, -0.1) is 0 Å². The second-order valence-corrected chi connectivity index (χ2v) is 9.90. The van der Waals surface area contributed by atoms with E-state index < -0.39 is 9.84 Å². The second-order valence-electron chi connectivity index (χ2n) is 6.34. The number of amides is 1. The number of aromatic nitrogens is 1. The van der Waals surface area contributed by atoms with Crippen LogP contribution in [-0.2, 0) is 21.2 Å². The minimum atomic E-state index is -3.46. The molecule has 0 bridgehead atoms. The zero-order valence-corrected chi connectivity index (χ0v) is 18.5. The molecule has 9 heteroatoms. The average molecular weight is 453 g/mol. The standard InChI is InChI=1S/C20H21ClN2O4S2/c1-3-23-17-11-8-15(27-2)13-18(17)28-20(23)22-19(24)5-4-12-29(25,26)16-9-6-14(21)7-10-16/h6-11,13H,3-5,12H2,1-2H3. The highest BCUT2D eigenvalue weighted by molar-refractivity contribution is 7.91. The van der Waals surface area contributed by atoms with E-state index in [9.17, 15) is 13.2 Å². The second kappa shape index (κ2) is 9.11. The van der Waals surface area contributed by atoms with Gasteiger partial charge in [0.25, 0.3) is 0 Å². The van der Waals surface area contributed by atoms with Crippen molar-refractivity contribution in [3.8, 4) is 5.75 Å². The van der Waals surface area contributed by atoms with Gasteiger partial charge in [-0.2, -0.15) is 4.99 Å². The van der Waals surface area contributed by atoms with Gasteiger partial charge in [-0.3, -0.25) is 4.79 Å². The molecule has 0 aliphatic rings. The number of benzene rings is 2. The number of hydrogen-bond acceptors (Lipinski definition) is 5. The van der Waals surface area contributed by atoms with Crippen molar-refractivity contribution in [1.82, 2.24) is 4.57 Å². The molecular weight excluding hydrogens is 432 g/mol. The molecule has 0 aliphatic heterocycles. The van der Waals surface area contributed by atoms with Gasteiger partial charge >= 0.3 is 0 Å². The van der Waals surface area contributed by atoms with Crippen molar-refractivity contribution in [3.05, 3.63) is 52.3 Å². The van der Waals surface area contributed by atoms with E-state index in [1.54, 1.807) is 7.11 Å². The summed E-state index contributed by atoms with van der Waals surface area (Å²) in [5.41, 5.74) is 0.982. The Morgan fingerprint density at radius 3 is 2.59 bits per heavy atom. The molecule has 0 spiro atoms. The van der Waals surface area contributed by atoms with E-state index >= 15 is 0 Å². The maximum Gasteiger partial charge on any atom is 0.248 e. The van der Waals surface area contributed by atoms with Crippen LogP contribution in [0.3, 0.4) is 0 Å². The highest BCUT2D eigenvalue weighted by Gasteiger charge is 2.15. The van der Waals surface area contributed by atoms with Crippen molar-refractivity contribution in [2.24, 2.45) is 4.99 Å². The maximum absolute atomic E-state index is 12.4. The molecule has 1 heterocycles. The van der Waals surface area contributed by atoms with Crippen LogP contribution in [0.25, 0.3) is 10.2 Å². The zero-order valence-electron chi connectivity index (χ0n) is 16.1. The van der Waals surface area contributed by atoms with Crippen LogP contribution in [-0.4, -0.2) is 31.8 Å². The van der Waals surface area contributed by atoms with Crippen LogP contribution >= 0.6 is 22.9 Å². The molecule has 0 fully saturated rings. The Hall–Kier alpha value is -2.16. The Kier molecular flexibility index (Phi) is 6.77.